The predicted octanol–water partition coefficient (Wildman–Crippen LogP) is 0.894. The molecule has 0 atom stereocenters. The maximum absolute atomic E-state index is 12.0. The van der Waals surface area contributed by atoms with Crippen LogP contribution in [0.5, 0.6) is 0 Å². The second kappa shape index (κ2) is 6.14. The number of halogens is 1. The Morgan fingerprint density at radius 2 is 1.75 bits per heavy atom. The van der Waals surface area contributed by atoms with Crippen molar-refractivity contribution in [3.63, 3.8) is 0 Å². The van der Waals surface area contributed by atoms with Gasteiger partial charge in [-0.25, -0.2) is 29.0 Å². The van der Waals surface area contributed by atoms with Gasteiger partial charge in [0.1, 0.15) is 4.90 Å². The third-order valence-electron chi connectivity index (χ3n) is 2.45. The first-order chi connectivity index (χ1) is 9.51. The van der Waals surface area contributed by atoms with E-state index in [1.807, 2.05) is 0 Å². The van der Waals surface area contributed by atoms with E-state index in [1.165, 1.54) is 12.4 Å². The summed E-state index contributed by atoms with van der Waals surface area (Å²) < 4.78 is 26.5. The molecule has 0 fully saturated rings. The van der Waals surface area contributed by atoms with Crippen LogP contribution in [0.4, 0.5) is 5.95 Å². The molecule has 1 heterocycles. The number of nitrogen functional groups attached to an aromatic ring is 1. The summed E-state index contributed by atoms with van der Waals surface area (Å²) in [6.45, 7) is 0.149. The Labute approximate surface area is 121 Å². The molecule has 2 rings (SSSR count). The molecule has 20 heavy (non-hydrogen) atoms. The first-order valence-electron chi connectivity index (χ1n) is 5.54. The van der Waals surface area contributed by atoms with Gasteiger partial charge in [-0.15, -0.1) is 0 Å². The van der Waals surface area contributed by atoms with Gasteiger partial charge in [0, 0.05) is 11.6 Å². The quantitative estimate of drug-likeness (QED) is 0.558. The number of hydrogen-bond acceptors (Lipinski definition) is 6. The van der Waals surface area contributed by atoms with E-state index >= 15 is 0 Å². The van der Waals surface area contributed by atoms with Crippen molar-refractivity contribution in [3.05, 3.63) is 47.2 Å². The second-order valence-electron chi connectivity index (χ2n) is 3.84. The van der Waals surface area contributed by atoms with Crippen molar-refractivity contribution < 1.29 is 8.42 Å². The molecule has 0 saturated heterocycles. The van der Waals surface area contributed by atoms with Crippen molar-refractivity contribution in [1.29, 1.82) is 0 Å². The minimum Gasteiger partial charge on any atom is -0.292 e. The summed E-state index contributed by atoms with van der Waals surface area (Å²) in [5.74, 6) is 5.25. The van der Waals surface area contributed by atoms with Gasteiger partial charge in [0.2, 0.25) is 16.0 Å². The summed E-state index contributed by atoms with van der Waals surface area (Å²) in [6, 6.07) is 6.86. The number of hydrogen-bond donors (Lipinski definition) is 3. The highest BCUT2D eigenvalue weighted by molar-refractivity contribution is 7.89. The lowest BCUT2D eigenvalue weighted by atomic mass is 10.2. The zero-order valence-corrected chi connectivity index (χ0v) is 11.8. The molecule has 106 valence electrons. The van der Waals surface area contributed by atoms with Crippen molar-refractivity contribution in [2.45, 2.75) is 11.4 Å². The zero-order valence-electron chi connectivity index (χ0n) is 10.2. The predicted molar refractivity (Wildman–Crippen MR) is 75.3 cm³/mol. The average Bonchev–Trinajstić information content (AvgIpc) is 2.47. The number of benzene rings is 1. The zero-order chi connectivity index (χ0) is 14.6. The maximum atomic E-state index is 12.0. The van der Waals surface area contributed by atoms with E-state index in [2.05, 4.69) is 20.1 Å². The molecule has 0 unspecified atom stereocenters. The molecule has 0 aliphatic carbocycles. The highest BCUT2D eigenvalue weighted by atomic mass is 35.5. The lowest BCUT2D eigenvalue weighted by molar-refractivity contribution is 0.580. The number of sulfonamides is 1. The van der Waals surface area contributed by atoms with Gasteiger partial charge in [-0.1, -0.05) is 23.7 Å². The number of nitrogens with two attached hydrogens (primary N) is 1. The van der Waals surface area contributed by atoms with Crippen LogP contribution in [0.25, 0.3) is 0 Å². The van der Waals surface area contributed by atoms with Gasteiger partial charge < -0.3 is 0 Å². The summed E-state index contributed by atoms with van der Waals surface area (Å²) in [7, 11) is -3.67. The van der Waals surface area contributed by atoms with Crippen LogP contribution in [-0.2, 0) is 16.6 Å². The molecule has 0 spiro atoms. The standard InChI is InChI=1S/C11H12ClN5O2S/c12-9-3-1-8(2-4-9)5-16-20(18,19)10-6-14-11(17-13)15-7-10/h1-4,6-7,16H,5,13H2,(H,14,15,17). The molecule has 1 aromatic heterocycles. The Balaban J connectivity index is 2.08. The normalized spacial score (nSPS) is 11.3. The second-order valence-corrected chi connectivity index (χ2v) is 6.04. The van der Waals surface area contributed by atoms with Gasteiger partial charge in [0.05, 0.1) is 12.4 Å². The Hall–Kier alpha value is -1.74. The van der Waals surface area contributed by atoms with Gasteiger partial charge in [-0.05, 0) is 17.7 Å². The Morgan fingerprint density at radius 3 is 2.30 bits per heavy atom. The molecule has 0 saturated carbocycles. The third kappa shape index (κ3) is 3.64. The fourth-order valence-corrected chi connectivity index (χ4v) is 2.43. The molecule has 0 amide bonds. The summed E-state index contributed by atoms with van der Waals surface area (Å²) in [6.07, 6.45) is 2.35. The fraction of sp³-hybridized carbons (Fsp3) is 0.0909. The monoisotopic (exact) mass is 313 g/mol. The third-order valence-corrected chi connectivity index (χ3v) is 4.05. The SMILES string of the molecule is NNc1ncc(S(=O)(=O)NCc2ccc(Cl)cc2)cn1. The van der Waals surface area contributed by atoms with Gasteiger partial charge >= 0.3 is 0 Å². The molecule has 0 radical (unpaired) electrons. The Bertz CT molecular complexity index is 673. The first kappa shape index (κ1) is 14.7. The van der Waals surface area contributed by atoms with Gasteiger partial charge in [0.25, 0.3) is 0 Å². The van der Waals surface area contributed by atoms with Crippen LogP contribution >= 0.6 is 11.6 Å². The highest BCUT2D eigenvalue weighted by Gasteiger charge is 2.14. The number of nitrogens with zero attached hydrogens (tertiary/aromatic N) is 2. The molecule has 1 aromatic carbocycles. The Morgan fingerprint density at radius 1 is 1.15 bits per heavy atom. The molecule has 9 heteroatoms. The molecule has 0 aliphatic heterocycles. The van der Waals surface area contributed by atoms with Crippen molar-refractivity contribution in [3.8, 4) is 0 Å². The summed E-state index contributed by atoms with van der Waals surface area (Å²) in [4.78, 5) is 7.46. The van der Waals surface area contributed by atoms with E-state index < -0.39 is 10.0 Å². The van der Waals surface area contributed by atoms with Crippen molar-refractivity contribution in [2.24, 2.45) is 5.84 Å². The van der Waals surface area contributed by atoms with Crippen LogP contribution in [0.15, 0.2) is 41.6 Å². The molecule has 0 bridgehead atoms. The van der Waals surface area contributed by atoms with Crippen LogP contribution < -0.4 is 16.0 Å². The summed E-state index contributed by atoms with van der Waals surface area (Å²) in [5, 5.41) is 0.592. The maximum Gasteiger partial charge on any atom is 0.243 e. The van der Waals surface area contributed by atoms with Gasteiger partial charge in [-0.2, -0.15) is 0 Å². The molecule has 2 aromatic rings. The molecule has 7 nitrogen and oxygen atoms in total. The van der Waals surface area contributed by atoms with E-state index in [4.69, 9.17) is 17.4 Å². The van der Waals surface area contributed by atoms with Crippen LogP contribution in [0.3, 0.4) is 0 Å². The molecule has 0 aliphatic rings. The number of rotatable bonds is 5. The molecule has 4 N–H and O–H groups in total. The van der Waals surface area contributed by atoms with Crippen LogP contribution in [0, 0.1) is 0 Å². The number of anilines is 1. The number of nitrogens with one attached hydrogen (secondary N) is 2. The summed E-state index contributed by atoms with van der Waals surface area (Å²) in [5.41, 5.74) is 3.01. The Kier molecular flexibility index (Phi) is 4.50. The van der Waals surface area contributed by atoms with E-state index in [0.29, 0.717) is 5.02 Å². The van der Waals surface area contributed by atoms with Crippen LogP contribution in [0.2, 0.25) is 5.02 Å². The highest BCUT2D eigenvalue weighted by Crippen LogP contribution is 2.11. The van der Waals surface area contributed by atoms with Crippen molar-refractivity contribution >= 4 is 27.6 Å². The first-order valence-corrected chi connectivity index (χ1v) is 7.40. The fourth-order valence-electron chi connectivity index (χ4n) is 1.39. The lowest BCUT2D eigenvalue weighted by Gasteiger charge is -2.07. The topological polar surface area (TPSA) is 110 Å². The van der Waals surface area contributed by atoms with Crippen LogP contribution in [0.1, 0.15) is 5.56 Å². The van der Waals surface area contributed by atoms with Crippen molar-refractivity contribution in [2.75, 3.05) is 5.43 Å². The van der Waals surface area contributed by atoms with Gasteiger partial charge in [0.15, 0.2) is 0 Å². The van der Waals surface area contributed by atoms with E-state index in [9.17, 15) is 8.42 Å². The number of hydrazine groups is 1. The smallest absolute Gasteiger partial charge is 0.243 e. The molecular formula is C11H12ClN5O2S. The van der Waals surface area contributed by atoms with E-state index in [1.54, 1.807) is 24.3 Å². The largest absolute Gasteiger partial charge is 0.292 e. The average molecular weight is 314 g/mol. The van der Waals surface area contributed by atoms with E-state index in [-0.39, 0.29) is 17.4 Å². The van der Waals surface area contributed by atoms with Gasteiger partial charge in [-0.3, -0.25) is 5.43 Å². The minimum atomic E-state index is -3.67. The minimum absolute atomic E-state index is 0.0366. The molecular weight excluding hydrogens is 302 g/mol. The summed E-state index contributed by atoms with van der Waals surface area (Å²) >= 11 is 5.75. The van der Waals surface area contributed by atoms with Crippen molar-refractivity contribution in [1.82, 2.24) is 14.7 Å². The van der Waals surface area contributed by atoms with Crippen LogP contribution in [-0.4, -0.2) is 18.4 Å². The number of aromatic nitrogens is 2. The van der Waals surface area contributed by atoms with E-state index in [0.717, 1.165) is 5.56 Å². The lowest BCUT2D eigenvalue weighted by Crippen LogP contribution is -2.23.